The molecule has 20 heavy (non-hydrogen) atoms. The van der Waals surface area contributed by atoms with Crippen molar-refractivity contribution in [3.8, 4) is 5.75 Å². The number of aryl methyl sites for hydroxylation is 1. The Bertz CT molecular complexity index is 640. The quantitative estimate of drug-likeness (QED) is 0.782. The summed E-state index contributed by atoms with van der Waals surface area (Å²) in [4.78, 5) is 4.55. The average molecular weight is 297 g/mol. The summed E-state index contributed by atoms with van der Waals surface area (Å²) in [5.41, 5.74) is 1.63. The standard InChI is InChI=1S/C15H18ClFN2O/c1-3-9-6-12(9)19-13-8-14(20-2)10(17)7-11(13)18-15(19)4-5-16/h7-9,12H,3-6H2,1-2H3. The second kappa shape index (κ2) is 5.24. The predicted molar refractivity (Wildman–Crippen MR) is 78.1 cm³/mol. The Morgan fingerprint density at radius 3 is 2.90 bits per heavy atom. The van der Waals surface area contributed by atoms with Crippen LogP contribution in [0.25, 0.3) is 11.0 Å². The van der Waals surface area contributed by atoms with Gasteiger partial charge in [-0.2, -0.15) is 0 Å². The molecule has 0 bridgehead atoms. The molecule has 108 valence electrons. The molecule has 2 unspecified atom stereocenters. The highest BCUT2D eigenvalue weighted by atomic mass is 35.5. The van der Waals surface area contributed by atoms with Gasteiger partial charge >= 0.3 is 0 Å². The summed E-state index contributed by atoms with van der Waals surface area (Å²) in [6.07, 6.45) is 3.02. The Hall–Kier alpha value is -1.29. The lowest BCUT2D eigenvalue weighted by atomic mass is 10.2. The number of nitrogens with zero attached hydrogens (tertiary/aromatic N) is 2. The Morgan fingerprint density at radius 1 is 1.50 bits per heavy atom. The topological polar surface area (TPSA) is 27.1 Å². The van der Waals surface area contributed by atoms with Crippen LogP contribution in [0.5, 0.6) is 5.75 Å². The summed E-state index contributed by atoms with van der Waals surface area (Å²) in [5.74, 6) is 2.06. The fraction of sp³-hybridized carbons (Fsp3) is 0.533. The third-order valence-corrected chi connectivity index (χ3v) is 4.28. The van der Waals surface area contributed by atoms with Crippen molar-refractivity contribution < 1.29 is 9.13 Å². The van der Waals surface area contributed by atoms with Gasteiger partial charge in [-0.05, 0) is 12.3 Å². The number of ether oxygens (including phenoxy) is 1. The van der Waals surface area contributed by atoms with Crippen molar-refractivity contribution in [3.05, 3.63) is 23.8 Å². The monoisotopic (exact) mass is 296 g/mol. The number of rotatable bonds is 5. The van der Waals surface area contributed by atoms with Crippen molar-refractivity contribution in [3.63, 3.8) is 0 Å². The lowest BCUT2D eigenvalue weighted by Gasteiger charge is -2.09. The highest BCUT2D eigenvalue weighted by Gasteiger charge is 2.39. The van der Waals surface area contributed by atoms with Gasteiger partial charge in [0.2, 0.25) is 0 Å². The van der Waals surface area contributed by atoms with E-state index in [0.717, 1.165) is 24.2 Å². The van der Waals surface area contributed by atoms with Crippen LogP contribution >= 0.6 is 11.6 Å². The van der Waals surface area contributed by atoms with E-state index in [9.17, 15) is 4.39 Å². The second-order valence-electron chi connectivity index (χ2n) is 5.28. The van der Waals surface area contributed by atoms with Gasteiger partial charge in [0.1, 0.15) is 5.82 Å². The molecule has 3 rings (SSSR count). The largest absolute Gasteiger partial charge is 0.494 e. The average Bonchev–Trinajstić information content (AvgIpc) is 3.13. The summed E-state index contributed by atoms with van der Waals surface area (Å²) in [5, 5.41) is 0. The van der Waals surface area contributed by atoms with E-state index in [4.69, 9.17) is 16.3 Å². The molecule has 2 aromatic rings. The fourth-order valence-electron chi connectivity index (χ4n) is 2.92. The van der Waals surface area contributed by atoms with Crippen LogP contribution < -0.4 is 4.74 Å². The van der Waals surface area contributed by atoms with Crippen LogP contribution in [0.4, 0.5) is 4.39 Å². The van der Waals surface area contributed by atoms with E-state index in [1.54, 1.807) is 6.07 Å². The maximum Gasteiger partial charge on any atom is 0.167 e. The van der Waals surface area contributed by atoms with E-state index < -0.39 is 0 Å². The molecule has 0 spiro atoms. The Morgan fingerprint density at radius 2 is 2.30 bits per heavy atom. The van der Waals surface area contributed by atoms with Gasteiger partial charge in [-0.15, -0.1) is 11.6 Å². The zero-order valence-electron chi connectivity index (χ0n) is 11.7. The Balaban J connectivity index is 2.15. The van der Waals surface area contributed by atoms with E-state index in [0.29, 0.717) is 29.8 Å². The first-order valence-electron chi connectivity index (χ1n) is 6.99. The van der Waals surface area contributed by atoms with E-state index in [2.05, 4.69) is 16.5 Å². The van der Waals surface area contributed by atoms with Crippen LogP contribution in [0.3, 0.4) is 0 Å². The molecule has 1 aliphatic rings. The molecule has 1 aromatic carbocycles. The number of benzene rings is 1. The summed E-state index contributed by atoms with van der Waals surface area (Å²) in [6.45, 7) is 2.20. The molecular weight excluding hydrogens is 279 g/mol. The van der Waals surface area contributed by atoms with Gasteiger partial charge in [0, 0.05) is 30.5 Å². The Kier molecular flexibility index (Phi) is 3.59. The molecule has 1 saturated carbocycles. The molecule has 2 atom stereocenters. The molecule has 0 amide bonds. The summed E-state index contributed by atoms with van der Waals surface area (Å²) >= 11 is 5.87. The van der Waals surface area contributed by atoms with Gasteiger partial charge < -0.3 is 9.30 Å². The van der Waals surface area contributed by atoms with Gasteiger partial charge in [-0.25, -0.2) is 9.37 Å². The molecule has 5 heteroatoms. The van der Waals surface area contributed by atoms with E-state index >= 15 is 0 Å². The van der Waals surface area contributed by atoms with E-state index in [-0.39, 0.29) is 11.6 Å². The van der Waals surface area contributed by atoms with Crippen LogP contribution in [0.1, 0.15) is 31.6 Å². The third kappa shape index (κ3) is 2.16. The first-order valence-corrected chi connectivity index (χ1v) is 7.53. The van der Waals surface area contributed by atoms with Crippen LogP contribution in [0, 0.1) is 11.7 Å². The third-order valence-electron chi connectivity index (χ3n) is 4.10. The van der Waals surface area contributed by atoms with Crippen molar-refractivity contribution in [1.29, 1.82) is 0 Å². The number of methoxy groups -OCH3 is 1. The molecule has 0 aliphatic heterocycles. The normalized spacial score (nSPS) is 21.4. The minimum atomic E-state index is -0.370. The van der Waals surface area contributed by atoms with Crippen molar-refractivity contribution in [2.75, 3.05) is 13.0 Å². The van der Waals surface area contributed by atoms with Gasteiger partial charge in [0.05, 0.1) is 18.1 Å². The molecule has 0 saturated heterocycles. The van der Waals surface area contributed by atoms with Crippen LogP contribution in [0.15, 0.2) is 12.1 Å². The summed E-state index contributed by atoms with van der Waals surface area (Å²) in [7, 11) is 1.48. The van der Waals surface area contributed by atoms with Crippen molar-refractivity contribution in [2.24, 2.45) is 5.92 Å². The number of hydrogen-bond donors (Lipinski definition) is 0. The first kappa shape index (κ1) is 13.7. The fourth-order valence-corrected chi connectivity index (χ4v) is 3.09. The SMILES string of the molecule is CCC1CC1n1c(CCCl)nc2cc(F)c(OC)cc21. The molecule has 1 fully saturated rings. The van der Waals surface area contributed by atoms with Gasteiger partial charge in [0.15, 0.2) is 11.6 Å². The number of hydrogen-bond acceptors (Lipinski definition) is 2. The molecule has 1 aliphatic carbocycles. The van der Waals surface area contributed by atoms with Crippen molar-refractivity contribution in [1.82, 2.24) is 9.55 Å². The highest BCUT2D eigenvalue weighted by Crippen LogP contribution is 2.48. The minimum absolute atomic E-state index is 0.268. The molecule has 1 heterocycles. The number of fused-ring (bicyclic) bond motifs is 1. The van der Waals surface area contributed by atoms with Crippen LogP contribution in [0.2, 0.25) is 0 Å². The molecule has 0 radical (unpaired) electrons. The lowest BCUT2D eigenvalue weighted by Crippen LogP contribution is -2.04. The Labute approximate surface area is 122 Å². The number of alkyl halides is 1. The molecule has 1 aromatic heterocycles. The lowest BCUT2D eigenvalue weighted by molar-refractivity contribution is 0.387. The van der Waals surface area contributed by atoms with E-state index in [1.807, 2.05) is 0 Å². The second-order valence-corrected chi connectivity index (χ2v) is 5.66. The van der Waals surface area contributed by atoms with E-state index in [1.165, 1.54) is 13.2 Å². The summed E-state index contributed by atoms with van der Waals surface area (Å²) in [6, 6.07) is 3.67. The number of aromatic nitrogens is 2. The van der Waals surface area contributed by atoms with Gasteiger partial charge in [-0.3, -0.25) is 0 Å². The molecule has 3 nitrogen and oxygen atoms in total. The minimum Gasteiger partial charge on any atom is -0.494 e. The zero-order chi connectivity index (χ0) is 14.3. The van der Waals surface area contributed by atoms with Crippen molar-refractivity contribution in [2.45, 2.75) is 32.2 Å². The maximum atomic E-state index is 13.8. The summed E-state index contributed by atoms with van der Waals surface area (Å²) < 4.78 is 21.1. The van der Waals surface area contributed by atoms with Gasteiger partial charge in [-0.1, -0.05) is 13.3 Å². The molecule has 0 N–H and O–H groups in total. The van der Waals surface area contributed by atoms with Crippen LogP contribution in [-0.2, 0) is 6.42 Å². The smallest absolute Gasteiger partial charge is 0.167 e. The van der Waals surface area contributed by atoms with Crippen molar-refractivity contribution >= 4 is 22.6 Å². The first-order chi connectivity index (χ1) is 9.69. The predicted octanol–water partition coefficient (Wildman–Crippen LogP) is 3.94. The zero-order valence-corrected chi connectivity index (χ0v) is 12.5. The maximum absolute atomic E-state index is 13.8. The number of halogens is 2. The van der Waals surface area contributed by atoms with Gasteiger partial charge in [0.25, 0.3) is 0 Å². The number of imidazole rings is 1. The highest BCUT2D eigenvalue weighted by molar-refractivity contribution is 6.17. The van der Waals surface area contributed by atoms with Crippen LogP contribution in [-0.4, -0.2) is 22.5 Å². The molecular formula is C15H18ClFN2O.